The van der Waals surface area contributed by atoms with E-state index < -0.39 is 0 Å². The Kier molecular flexibility index (Phi) is 4.91. The highest BCUT2D eigenvalue weighted by Crippen LogP contribution is 2.26. The zero-order valence-corrected chi connectivity index (χ0v) is 13.8. The van der Waals surface area contributed by atoms with Crippen molar-refractivity contribution in [2.75, 3.05) is 17.3 Å². The maximum atomic E-state index is 14.5. The van der Waals surface area contributed by atoms with E-state index in [1.54, 1.807) is 12.3 Å². The molecule has 1 N–H and O–H groups in total. The van der Waals surface area contributed by atoms with Gasteiger partial charge in [0.2, 0.25) is 0 Å². The predicted octanol–water partition coefficient (Wildman–Crippen LogP) is 4.65. The van der Waals surface area contributed by atoms with Crippen LogP contribution in [0.3, 0.4) is 0 Å². The van der Waals surface area contributed by atoms with Crippen LogP contribution in [-0.2, 0) is 6.54 Å². The van der Waals surface area contributed by atoms with Gasteiger partial charge < -0.3 is 10.2 Å². The summed E-state index contributed by atoms with van der Waals surface area (Å²) in [5.74, 6) is 0.270. The first kappa shape index (κ1) is 16.2. The third kappa shape index (κ3) is 3.81. The third-order valence-electron chi connectivity index (χ3n) is 3.60. The summed E-state index contributed by atoms with van der Waals surface area (Å²) >= 11 is 5.79. The number of hydrogen-bond donors (Lipinski definition) is 1. The second-order valence-corrected chi connectivity index (χ2v) is 5.65. The van der Waals surface area contributed by atoms with Crippen LogP contribution in [0, 0.1) is 5.82 Å². The van der Waals surface area contributed by atoms with Gasteiger partial charge in [0.15, 0.2) is 0 Å². The molecule has 122 valence electrons. The van der Waals surface area contributed by atoms with Gasteiger partial charge in [-0.25, -0.2) is 9.37 Å². The van der Waals surface area contributed by atoms with Gasteiger partial charge in [0.05, 0.1) is 18.1 Å². The molecule has 6 heteroatoms. The van der Waals surface area contributed by atoms with Gasteiger partial charge in [0.25, 0.3) is 0 Å². The number of halogens is 2. The summed E-state index contributed by atoms with van der Waals surface area (Å²) in [4.78, 5) is 9.85. The van der Waals surface area contributed by atoms with Crippen LogP contribution in [0.1, 0.15) is 5.56 Å². The molecule has 0 spiro atoms. The van der Waals surface area contributed by atoms with Gasteiger partial charge in [-0.1, -0.05) is 35.9 Å². The first-order chi connectivity index (χ1) is 11.6. The molecule has 0 atom stereocenters. The molecule has 0 bridgehead atoms. The van der Waals surface area contributed by atoms with E-state index in [-0.39, 0.29) is 5.82 Å². The minimum atomic E-state index is -0.280. The minimum Gasteiger partial charge on any atom is -0.365 e. The van der Waals surface area contributed by atoms with E-state index in [2.05, 4.69) is 15.3 Å². The lowest BCUT2D eigenvalue weighted by molar-refractivity contribution is 0.625. The lowest BCUT2D eigenvalue weighted by Crippen LogP contribution is -2.11. The summed E-state index contributed by atoms with van der Waals surface area (Å²) in [7, 11) is 1.84. The zero-order valence-electron chi connectivity index (χ0n) is 13.1. The lowest BCUT2D eigenvalue weighted by atomic mass is 10.1. The Hall–Kier alpha value is -2.66. The third-order valence-corrected chi connectivity index (χ3v) is 3.78. The SMILES string of the molecule is CN(c1ccccc1)c1ccc(CNc2cncc(Cl)n2)cc1F. The van der Waals surface area contributed by atoms with Crippen LogP contribution in [0.2, 0.25) is 5.15 Å². The molecule has 2 aromatic carbocycles. The monoisotopic (exact) mass is 342 g/mol. The summed E-state index contributed by atoms with van der Waals surface area (Å²) in [6.45, 7) is 0.432. The van der Waals surface area contributed by atoms with Gasteiger partial charge in [-0.2, -0.15) is 0 Å². The standard InChI is InChI=1S/C18H16ClFN4/c1-24(14-5-3-2-4-6-14)16-8-7-13(9-15(16)20)10-22-18-12-21-11-17(19)23-18/h2-9,11-12H,10H2,1H3,(H,22,23). The maximum Gasteiger partial charge on any atom is 0.149 e. The molecule has 1 aromatic heterocycles. The van der Waals surface area contributed by atoms with Crippen LogP contribution >= 0.6 is 11.6 Å². The van der Waals surface area contributed by atoms with Crippen LogP contribution < -0.4 is 10.2 Å². The molecule has 3 aromatic rings. The average molecular weight is 343 g/mol. The van der Waals surface area contributed by atoms with Gasteiger partial charge >= 0.3 is 0 Å². The van der Waals surface area contributed by atoms with E-state index >= 15 is 0 Å². The van der Waals surface area contributed by atoms with Crippen molar-refractivity contribution in [3.63, 3.8) is 0 Å². The number of nitrogens with one attached hydrogen (secondary N) is 1. The zero-order chi connectivity index (χ0) is 16.9. The van der Waals surface area contributed by atoms with E-state index in [4.69, 9.17) is 11.6 Å². The number of anilines is 3. The largest absolute Gasteiger partial charge is 0.365 e. The fraction of sp³-hybridized carbons (Fsp3) is 0.111. The molecular weight excluding hydrogens is 327 g/mol. The van der Waals surface area contributed by atoms with Crippen molar-refractivity contribution in [1.29, 1.82) is 0 Å². The Labute approximate surface area is 144 Å². The minimum absolute atomic E-state index is 0.280. The molecule has 0 saturated carbocycles. The van der Waals surface area contributed by atoms with E-state index in [0.717, 1.165) is 11.3 Å². The first-order valence-electron chi connectivity index (χ1n) is 7.42. The molecule has 0 radical (unpaired) electrons. The molecule has 0 fully saturated rings. The van der Waals surface area contributed by atoms with Gasteiger partial charge in [-0.15, -0.1) is 0 Å². The molecule has 0 amide bonds. The lowest BCUT2D eigenvalue weighted by Gasteiger charge is -2.20. The summed E-state index contributed by atoms with van der Waals surface area (Å²) in [5.41, 5.74) is 2.25. The highest BCUT2D eigenvalue weighted by Gasteiger charge is 2.10. The quantitative estimate of drug-likeness (QED) is 0.732. The molecule has 0 aliphatic heterocycles. The number of hydrogen-bond acceptors (Lipinski definition) is 4. The molecule has 1 heterocycles. The Morgan fingerprint density at radius 3 is 2.62 bits per heavy atom. The smallest absolute Gasteiger partial charge is 0.149 e. The Morgan fingerprint density at radius 1 is 1.12 bits per heavy atom. The first-order valence-corrected chi connectivity index (χ1v) is 7.80. The van der Waals surface area contributed by atoms with Gasteiger partial charge in [0, 0.05) is 19.3 Å². The van der Waals surface area contributed by atoms with E-state index in [0.29, 0.717) is 23.2 Å². The number of aromatic nitrogens is 2. The molecule has 24 heavy (non-hydrogen) atoms. The summed E-state index contributed by atoms with van der Waals surface area (Å²) in [5, 5.41) is 3.38. The van der Waals surface area contributed by atoms with Crippen molar-refractivity contribution in [1.82, 2.24) is 9.97 Å². The van der Waals surface area contributed by atoms with Crippen molar-refractivity contribution in [3.05, 3.63) is 77.5 Å². The molecule has 0 saturated heterocycles. The van der Waals surface area contributed by atoms with Crippen molar-refractivity contribution in [3.8, 4) is 0 Å². The van der Waals surface area contributed by atoms with Gasteiger partial charge in [0.1, 0.15) is 16.8 Å². The van der Waals surface area contributed by atoms with Crippen molar-refractivity contribution >= 4 is 28.8 Å². The Balaban J connectivity index is 1.73. The summed E-state index contributed by atoms with van der Waals surface area (Å²) in [6, 6.07) is 14.8. The molecule has 0 aliphatic carbocycles. The number of para-hydroxylation sites is 1. The van der Waals surface area contributed by atoms with Crippen LogP contribution in [0.15, 0.2) is 60.9 Å². The number of rotatable bonds is 5. The molecular formula is C18H16ClFN4. The topological polar surface area (TPSA) is 41.0 Å². The molecule has 3 rings (SSSR count). The average Bonchev–Trinajstić information content (AvgIpc) is 2.60. The van der Waals surface area contributed by atoms with Crippen molar-refractivity contribution < 1.29 is 4.39 Å². The second kappa shape index (κ2) is 7.27. The second-order valence-electron chi connectivity index (χ2n) is 5.26. The van der Waals surface area contributed by atoms with Crippen molar-refractivity contribution in [2.24, 2.45) is 0 Å². The van der Waals surface area contributed by atoms with E-state index in [1.807, 2.05) is 48.3 Å². The van der Waals surface area contributed by atoms with Gasteiger partial charge in [-0.3, -0.25) is 4.98 Å². The van der Waals surface area contributed by atoms with Crippen molar-refractivity contribution in [2.45, 2.75) is 6.54 Å². The summed E-state index contributed by atoms with van der Waals surface area (Å²) in [6.07, 6.45) is 3.03. The molecule has 0 unspecified atom stereocenters. The van der Waals surface area contributed by atoms with Crippen LogP contribution in [0.4, 0.5) is 21.6 Å². The Morgan fingerprint density at radius 2 is 1.92 bits per heavy atom. The fourth-order valence-corrected chi connectivity index (χ4v) is 2.49. The Bertz CT molecular complexity index is 826. The highest BCUT2D eigenvalue weighted by molar-refractivity contribution is 6.29. The number of nitrogens with zero attached hydrogens (tertiary/aromatic N) is 3. The molecule has 4 nitrogen and oxygen atoms in total. The van der Waals surface area contributed by atoms with E-state index in [9.17, 15) is 4.39 Å². The van der Waals surface area contributed by atoms with Gasteiger partial charge in [-0.05, 0) is 29.8 Å². The van der Waals surface area contributed by atoms with Crippen LogP contribution in [0.25, 0.3) is 0 Å². The fourth-order valence-electron chi connectivity index (χ4n) is 2.34. The molecule has 0 aliphatic rings. The predicted molar refractivity (Wildman–Crippen MR) is 95.3 cm³/mol. The van der Waals surface area contributed by atoms with Crippen LogP contribution in [0.5, 0.6) is 0 Å². The summed E-state index contributed by atoms with van der Waals surface area (Å²) < 4.78 is 14.5. The van der Waals surface area contributed by atoms with E-state index in [1.165, 1.54) is 12.3 Å². The highest BCUT2D eigenvalue weighted by atomic mass is 35.5. The number of benzene rings is 2. The maximum absolute atomic E-state index is 14.5. The normalized spacial score (nSPS) is 10.5. The van der Waals surface area contributed by atoms with Crippen LogP contribution in [-0.4, -0.2) is 17.0 Å².